The van der Waals surface area contributed by atoms with Crippen molar-refractivity contribution >= 4 is 11.6 Å². The summed E-state index contributed by atoms with van der Waals surface area (Å²) in [4.78, 5) is 16.4. The average Bonchev–Trinajstić information content (AvgIpc) is 2.47. The van der Waals surface area contributed by atoms with Gasteiger partial charge in [-0.05, 0) is 5.92 Å². The second-order valence-electron chi connectivity index (χ2n) is 4.79. The van der Waals surface area contributed by atoms with E-state index in [1.165, 1.54) is 6.33 Å². The summed E-state index contributed by atoms with van der Waals surface area (Å²) in [7, 11) is 0. The van der Waals surface area contributed by atoms with Crippen molar-refractivity contribution in [1.29, 1.82) is 0 Å². The number of nitrogens with zero attached hydrogens (tertiary/aromatic N) is 4. The van der Waals surface area contributed by atoms with Gasteiger partial charge in [0, 0.05) is 18.0 Å². The lowest BCUT2D eigenvalue weighted by Crippen LogP contribution is -2.30. The molecular formula is C13H18N6O. The maximum Gasteiger partial charge on any atom is 0.169 e. The highest BCUT2D eigenvalue weighted by Gasteiger charge is 2.15. The first-order valence-electron chi connectivity index (χ1n) is 6.37. The fraction of sp³-hybridized carbons (Fsp3) is 0.385. The highest BCUT2D eigenvalue weighted by atomic mass is 16.3. The molecule has 7 heteroatoms. The summed E-state index contributed by atoms with van der Waals surface area (Å²) in [5.41, 5.74) is 7.21. The van der Waals surface area contributed by atoms with Crippen LogP contribution in [0, 0.1) is 5.92 Å². The number of aliphatic hydroxyl groups is 1. The number of anilines is 2. The zero-order chi connectivity index (χ0) is 14.5. The fourth-order valence-corrected chi connectivity index (χ4v) is 1.67. The molecule has 0 unspecified atom stereocenters. The molecule has 0 aliphatic heterocycles. The van der Waals surface area contributed by atoms with Crippen LogP contribution in [-0.2, 0) is 0 Å². The van der Waals surface area contributed by atoms with Crippen molar-refractivity contribution in [3.05, 3.63) is 24.9 Å². The second-order valence-corrected chi connectivity index (χ2v) is 4.79. The van der Waals surface area contributed by atoms with E-state index < -0.39 is 0 Å². The van der Waals surface area contributed by atoms with Crippen molar-refractivity contribution in [2.75, 3.05) is 17.7 Å². The van der Waals surface area contributed by atoms with Gasteiger partial charge in [0.25, 0.3) is 0 Å². The molecule has 2 aromatic heterocycles. The van der Waals surface area contributed by atoms with Crippen molar-refractivity contribution in [3.63, 3.8) is 0 Å². The van der Waals surface area contributed by atoms with E-state index >= 15 is 0 Å². The summed E-state index contributed by atoms with van der Waals surface area (Å²) in [6.45, 7) is 4.01. The molecule has 2 rings (SSSR count). The molecule has 0 amide bonds. The molecule has 0 spiro atoms. The Hall–Kier alpha value is -2.28. The van der Waals surface area contributed by atoms with E-state index in [1.54, 1.807) is 18.6 Å². The maximum atomic E-state index is 9.36. The normalized spacial score (nSPS) is 12.4. The maximum absolute atomic E-state index is 9.36. The molecule has 0 aliphatic rings. The standard InChI is InChI=1S/C13H18N6O/c1-8(2)11(6-20)19-13-12(14)17-5-10(18-13)9-3-15-7-16-4-9/h3-5,7-8,11,20H,6H2,1-2H3,(H2,14,17)(H,18,19)/t11-/m1/s1. The van der Waals surface area contributed by atoms with Crippen LogP contribution in [0.25, 0.3) is 11.3 Å². The molecule has 4 N–H and O–H groups in total. The molecule has 2 heterocycles. The summed E-state index contributed by atoms with van der Waals surface area (Å²) in [6.07, 6.45) is 6.34. The SMILES string of the molecule is CC(C)[C@@H](CO)Nc1nc(-c2cncnc2)cnc1N. The number of nitrogens with two attached hydrogens (primary N) is 1. The lowest BCUT2D eigenvalue weighted by molar-refractivity contribution is 0.249. The quantitative estimate of drug-likeness (QED) is 0.744. The van der Waals surface area contributed by atoms with Crippen molar-refractivity contribution in [3.8, 4) is 11.3 Å². The van der Waals surface area contributed by atoms with Crippen LogP contribution in [0.15, 0.2) is 24.9 Å². The van der Waals surface area contributed by atoms with Crippen molar-refractivity contribution in [2.45, 2.75) is 19.9 Å². The first kappa shape index (κ1) is 14.1. The lowest BCUT2D eigenvalue weighted by Gasteiger charge is -2.21. The predicted molar refractivity (Wildman–Crippen MR) is 76.8 cm³/mol. The van der Waals surface area contributed by atoms with Crippen LogP contribution in [0.1, 0.15) is 13.8 Å². The van der Waals surface area contributed by atoms with Crippen LogP contribution < -0.4 is 11.1 Å². The Bertz CT molecular complexity index is 560. The van der Waals surface area contributed by atoms with Gasteiger partial charge in [0.05, 0.1) is 24.5 Å². The van der Waals surface area contributed by atoms with Gasteiger partial charge in [0.15, 0.2) is 11.6 Å². The molecule has 0 aliphatic carbocycles. The minimum atomic E-state index is -0.131. The van der Waals surface area contributed by atoms with Gasteiger partial charge in [0.2, 0.25) is 0 Å². The van der Waals surface area contributed by atoms with Gasteiger partial charge in [0.1, 0.15) is 6.33 Å². The number of nitrogens with one attached hydrogen (secondary N) is 1. The molecule has 0 radical (unpaired) electrons. The number of hydrogen-bond acceptors (Lipinski definition) is 7. The summed E-state index contributed by atoms with van der Waals surface area (Å²) in [5.74, 6) is 0.994. The van der Waals surface area contributed by atoms with E-state index in [-0.39, 0.29) is 18.6 Å². The Kier molecular flexibility index (Phi) is 4.41. The van der Waals surface area contributed by atoms with Gasteiger partial charge in [-0.1, -0.05) is 13.8 Å². The van der Waals surface area contributed by atoms with E-state index in [2.05, 4.69) is 25.3 Å². The molecule has 2 aromatic rings. The summed E-state index contributed by atoms with van der Waals surface area (Å²) in [5, 5.41) is 12.5. The second kappa shape index (κ2) is 6.25. The number of hydrogen-bond donors (Lipinski definition) is 3. The predicted octanol–water partition coefficient (Wildman–Crippen LogP) is 0.945. The Balaban J connectivity index is 2.30. The third-order valence-corrected chi connectivity index (χ3v) is 2.98. The average molecular weight is 274 g/mol. The molecule has 0 saturated carbocycles. The largest absolute Gasteiger partial charge is 0.394 e. The van der Waals surface area contributed by atoms with Gasteiger partial charge < -0.3 is 16.2 Å². The Morgan fingerprint density at radius 3 is 2.55 bits per heavy atom. The Morgan fingerprint density at radius 1 is 1.25 bits per heavy atom. The third-order valence-electron chi connectivity index (χ3n) is 2.98. The topological polar surface area (TPSA) is 110 Å². The van der Waals surface area contributed by atoms with E-state index in [4.69, 9.17) is 5.73 Å². The van der Waals surface area contributed by atoms with Crippen molar-refractivity contribution in [2.24, 2.45) is 5.92 Å². The first-order chi connectivity index (χ1) is 9.61. The first-order valence-corrected chi connectivity index (χ1v) is 6.37. The van der Waals surface area contributed by atoms with Crippen LogP contribution in [0.3, 0.4) is 0 Å². The smallest absolute Gasteiger partial charge is 0.169 e. The number of nitrogen functional groups attached to an aromatic ring is 1. The van der Waals surface area contributed by atoms with E-state index in [1.807, 2.05) is 13.8 Å². The minimum absolute atomic E-state index is 0.00252. The molecule has 0 aromatic carbocycles. The third kappa shape index (κ3) is 3.18. The zero-order valence-corrected chi connectivity index (χ0v) is 11.5. The molecule has 0 bridgehead atoms. The van der Waals surface area contributed by atoms with Gasteiger partial charge in [-0.3, -0.25) is 0 Å². The van der Waals surface area contributed by atoms with Crippen LogP contribution >= 0.6 is 0 Å². The lowest BCUT2D eigenvalue weighted by atomic mass is 10.1. The Labute approximate surface area is 117 Å². The fourth-order valence-electron chi connectivity index (χ4n) is 1.67. The zero-order valence-electron chi connectivity index (χ0n) is 11.5. The van der Waals surface area contributed by atoms with E-state index in [0.717, 1.165) is 5.56 Å². The molecule has 20 heavy (non-hydrogen) atoms. The van der Waals surface area contributed by atoms with Crippen molar-refractivity contribution < 1.29 is 5.11 Å². The molecular weight excluding hydrogens is 256 g/mol. The number of aliphatic hydroxyl groups excluding tert-OH is 1. The molecule has 0 fully saturated rings. The van der Waals surface area contributed by atoms with Gasteiger partial charge in [-0.15, -0.1) is 0 Å². The number of aromatic nitrogens is 4. The highest BCUT2D eigenvalue weighted by molar-refractivity contribution is 5.64. The molecule has 1 atom stereocenters. The molecule has 106 valence electrons. The van der Waals surface area contributed by atoms with Crippen molar-refractivity contribution in [1.82, 2.24) is 19.9 Å². The highest BCUT2D eigenvalue weighted by Crippen LogP contribution is 2.21. The number of rotatable bonds is 5. The Morgan fingerprint density at radius 2 is 1.95 bits per heavy atom. The molecule has 0 saturated heterocycles. The monoisotopic (exact) mass is 274 g/mol. The summed E-state index contributed by atoms with van der Waals surface area (Å²) in [6, 6.07) is -0.131. The van der Waals surface area contributed by atoms with Crippen LogP contribution in [0.5, 0.6) is 0 Å². The van der Waals surface area contributed by atoms with Crippen LogP contribution in [0.2, 0.25) is 0 Å². The summed E-state index contributed by atoms with van der Waals surface area (Å²) >= 11 is 0. The minimum Gasteiger partial charge on any atom is -0.394 e. The van der Waals surface area contributed by atoms with Gasteiger partial charge >= 0.3 is 0 Å². The van der Waals surface area contributed by atoms with Gasteiger partial charge in [-0.2, -0.15) is 0 Å². The van der Waals surface area contributed by atoms with Crippen LogP contribution in [0.4, 0.5) is 11.6 Å². The summed E-state index contributed by atoms with van der Waals surface area (Å²) < 4.78 is 0. The van der Waals surface area contributed by atoms with Crippen LogP contribution in [-0.4, -0.2) is 37.7 Å². The van der Waals surface area contributed by atoms with Gasteiger partial charge in [-0.25, -0.2) is 19.9 Å². The van der Waals surface area contributed by atoms with E-state index in [0.29, 0.717) is 17.3 Å². The van der Waals surface area contributed by atoms with E-state index in [9.17, 15) is 5.11 Å². The molecule has 7 nitrogen and oxygen atoms in total.